The molecule has 0 saturated carbocycles. The molecule has 1 amide bonds. The van der Waals surface area contributed by atoms with E-state index in [0.717, 1.165) is 3.57 Å². The lowest BCUT2D eigenvalue weighted by Gasteiger charge is -2.33. The average Bonchev–Trinajstić information content (AvgIpc) is 2.32. The van der Waals surface area contributed by atoms with Gasteiger partial charge in [0.25, 0.3) is 5.91 Å². The lowest BCUT2D eigenvalue weighted by atomic mass is 10.1. The highest BCUT2D eigenvalue weighted by molar-refractivity contribution is 14.1. The average molecular weight is 346 g/mol. The summed E-state index contributed by atoms with van der Waals surface area (Å²) in [6.45, 7) is 3.88. The molecule has 1 aliphatic rings. The van der Waals surface area contributed by atoms with E-state index in [4.69, 9.17) is 10.5 Å². The first kappa shape index (κ1) is 12.6. The minimum Gasteiger partial charge on any atom is -0.398 e. The lowest BCUT2D eigenvalue weighted by Crippen LogP contribution is -2.47. The molecular formula is C12H15IN2O2. The molecule has 1 heterocycles. The summed E-state index contributed by atoms with van der Waals surface area (Å²) in [5.74, 6) is 0.0544. The summed E-state index contributed by atoms with van der Waals surface area (Å²) in [6.07, 6.45) is 0. The summed E-state index contributed by atoms with van der Waals surface area (Å²) in [6, 6.07) is 5.52. The van der Waals surface area contributed by atoms with E-state index in [-0.39, 0.29) is 11.9 Å². The van der Waals surface area contributed by atoms with Crippen LogP contribution in [0, 0.1) is 3.57 Å². The van der Waals surface area contributed by atoms with Crippen molar-refractivity contribution in [2.75, 3.05) is 25.5 Å². The number of benzene rings is 1. The quantitative estimate of drug-likeness (QED) is 0.623. The van der Waals surface area contributed by atoms with Crippen LogP contribution in [0.3, 0.4) is 0 Å². The van der Waals surface area contributed by atoms with Crippen molar-refractivity contribution in [2.24, 2.45) is 0 Å². The maximum Gasteiger partial charge on any atom is 0.254 e. The zero-order valence-corrected chi connectivity index (χ0v) is 11.8. The molecule has 5 heteroatoms. The first-order valence-electron chi connectivity index (χ1n) is 5.53. The highest BCUT2D eigenvalue weighted by Gasteiger charge is 2.24. The second-order valence-corrected chi connectivity index (χ2v) is 5.32. The molecule has 2 rings (SSSR count). The van der Waals surface area contributed by atoms with Crippen molar-refractivity contribution in [3.8, 4) is 0 Å². The van der Waals surface area contributed by atoms with E-state index in [1.807, 2.05) is 17.9 Å². The number of anilines is 1. The molecule has 0 radical (unpaired) electrons. The number of carbonyl (C=O) groups excluding carboxylic acids is 1. The smallest absolute Gasteiger partial charge is 0.254 e. The number of hydrogen-bond donors (Lipinski definition) is 1. The van der Waals surface area contributed by atoms with E-state index >= 15 is 0 Å². The van der Waals surface area contributed by atoms with Gasteiger partial charge in [0.2, 0.25) is 0 Å². The fourth-order valence-electron chi connectivity index (χ4n) is 1.85. The molecule has 1 saturated heterocycles. The summed E-state index contributed by atoms with van der Waals surface area (Å²) in [7, 11) is 0. The standard InChI is InChI=1S/C12H15IN2O2/c1-8-7-17-5-4-15(8)12(16)9-2-3-11(14)10(13)6-9/h2-3,6,8H,4-5,7,14H2,1H3. The van der Waals surface area contributed by atoms with E-state index in [1.165, 1.54) is 0 Å². The Bertz CT molecular complexity index is 437. The van der Waals surface area contributed by atoms with Gasteiger partial charge in [-0.15, -0.1) is 0 Å². The molecule has 0 bridgehead atoms. The Balaban J connectivity index is 2.21. The molecule has 1 aromatic carbocycles. The van der Waals surface area contributed by atoms with Crippen molar-refractivity contribution in [3.63, 3.8) is 0 Å². The molecule has 1 atom stereocenters. The summed E-state index contributed by atoms with van der Waals surface area (Å²) in [4.78, 5) is 14.2. The number of hydrogen-bond acceptors (Lipinski definition) is 3. The number of nitrogen functional groups attached to an aromatic ring is 1. The van der Waals surface area contributed by atoms with E-state index in [2.05, 4.69) is 22.6 Å². The van der Waals surface area contributed by atoms with E-state index in [0.29, 0.717) is 31.0 Å². The number of ether oxygens (including phenoxy) is 1. The second kappa shape index (κ2) is 5.22. The zero-order chi connectivity index (χ0) is 12.4. The first-order chi connectivity index (χ1) is 8.09. The molecule has 17 heavy (non-hydrogen) atoms. The maximum absolute atomic E-state index is 12.3. The van der Waals surface area contributed by atoms with Gasteiger partial charge in [-0.2, -0.15) is 0 Å². The van der Waals surface area contributed by atoms with Crippen LogP contribution in [-0.4, -0.2) is 36.6 Å². The molecule has 0 aliphatic carbocycles. The van der Waals surface area contributed by atoms with Gasteiger partial charge in [-0.1, -0.05) is 0 Å². The van der Waals surface area contributed by atoms with E-state index in [1.54, 1.807) is 12.1 Å². The van der Waals surface area contributed by atoms with Gasteiger partial charge in [0.05, 0.1) is 19.3 Å². The molecule has 92 valence electrons. The third-order valence-corrected chi connectivity index (χ3v) is 3.81. The molecule has 1 aliphatic heterocycles. The third kappa shape index (κ3) is 2.71. The van der Waals surface area contributed by atoms with Crippen LogP contribution in [0.2, 0.25) is 0 Å². The minimum absolute atomic E-state index is 0.0544. The number of nitrogens with zero attached hydrogens (tertiary/aromatic N) is 1. The highest BCUT2D eigenvalue weighted by atomic mass is 127. The minimum atomic E-state index is 0.0544. The SMILES string of the molecule is CC1COCCN1C(=O)c1ccc(N)c(I)c1. The number of nitrogens with two attached hydrogens (primary N) is 1. The van der Waals surface area contributed by atoms with Gasteiger partial charge in [0.15, 0.2) is 0 Å². The van der Waals surface area contributed by atoms with Crippen molar-refractivity contribution in [1.82, 2.24) is 4.90 Å². The zero-order valence-electron chi connectivity index (χ0n) is 9.65. The highest BCUT2D eigenvalue weighted by Crippen LogP contribution is 2.19. The predicted octanol–water partition coefficient (Wildman–Crippen LogP) is 1.73. The molecule has 0 spiro atoms. The van der Waals surface area contributed by atoms with Gasteiger partial charge >= 0.3 is 0 Å². The number of carbonyl (C=O) groups is 1. The second-order valence-electron chi connectivity index (χ2n) is 4.16. The van der Waals surface area contributed by atoms with Crippen LogP contribution < -0.4 is 5.73 Å². The van der Waals surface area contributed by atoms with Crippen LogP contribution in [0.1, 0.15) is 17.3 Å². The summed E-state index contributed by atoms with van der Waals surface area (Å²) >= 11 is 2.14. The number of halogens is 1. The van der Waals surface area contributed by atoms with Gasteiger partial charge in [-0.3, -0.25) is 4.79 Å². The first-order valence-corrected chi connectivity index (χ1v) is 6.61. The number of rotatable bonds is 1. The summed E-state index contributed by atoms with van der Waals surface area (Å²) < 4.78 is 6.24. The molecule has 1 fully saturated rings. The Labute approximate surface area is 114 Å². The third-order valence-electron chi connectivity index (χ3n) is 2.88. The van der Waals surface area contributed by atoms with E-state index in [9.17, 15) is 4.79 Å². The van der Waals surface area contributed by atoms with Gasteiger partial charge in [-0.25, -0.2) is 0 Å². The van der Waals surface area contributed by atoms with Crippen molar-refractivity contribution < 1.29 is 9.53 Å². The van der Waals surface area contributed by atoms with Crippen molar-refractivity contribution in [2.45, 2.75) is 13.0 Å². The van der Waals surface area contributed by atoms with E-state index < -0.39 is 0 Å². The van der Waals surface area contributed by atoms with Crippen LogP contribution in [0.5, 0.6) is 0 Å². The monoisotopic (exact) mass is 346 g/mol. The van der Waals surface area contributed by atoms with Gasteiger partial charge in [0, 0.05) is 21.4 Å². The van der Waals surface area contributed by atoms with Crippen molar-refractivity contribution in [3.05, 3.63) is 27.3 Å². The van der Waals surface area contributed by atoms with Crippen molar-refractivity contribution in [1.29, 1.82) is 0 Å². The Morgan fingerprint density at radius 2 is 2.35 bits per heavy atom. The van der Waals surface area contributed by atoms with Crippen LogP contribution in [0.15, 0.2) is 18.2 Å². The Kier molecular flexibility index (Phi) is 3.88. The van der Waals surface area contributed by atoms with Gasteiger partial charge in [0.1, 0.15) is 0 Å². The number of morpholine rings is 1. The normalized spacial score (nSPS) is 20.4. The van der Waals surface area contributed by atoms with Gasteiger partial charge < -0.3 is 15.4 Å². The Morgan fingerprint density at radius 1 is 1.59 bits per heavy atom. The molecular weight excluding hydrogens is 331 g/mol. The fraction of sp³-hybridized carbons (Fsp3) is 0.417. The maximum atomic E-state index is 12.3. The summed E-state index contributed by atoms with van der Waals surface area (Å²) in [5.41, 5.74) is 7.14. The van der Waals surface area contributed by atoms with Crippen LogP contribution in [0.4, 0.5) is 5.69 Å². The van der Waals surface area contributed by atoms with Gasteiger partial charge in [-0.05, 0) is 47.7 Å². The summed E-state index contributed by atoms with van der Waals surface area (Å²) in [5, 5.41) is 0. The van der Waals surface area contributed by atoms with Crippen LogP contribution in [0.25, 0.3) is 0 Å². The molecule has 2 N–H and O–H groups in total. The Hall–Kier alpha value is -0.820. The molecule has 1 unspecified atom stereocenters. The number of amides is 1. The van der Waals surface area contributed by atoms with Crippen molar-refractivity contribution >= 4 is 34.2 Å². The molecule has 1 aromatic rings. The fourth-order valence-corrected chi connectivity index (χ4v) is 2.37. The molecule has 0 aromatic heterocycles. The largest absolute Gasteiger partial charge is 0.398 e. The lowest BCUT2D eigenvalue weighted by molar-refractivity contribution is 0.00359. The Morgan fingerprint density at radius 3 is 3.00 bits per heavy atom. The topological polar surface area (TPSA) is 55.6 Å². The molecule has 4 nitrogen and oxygen atoms in total. The van der Waals surface area contributed by atoms with Crippen LogP contribution >= 0.6 is 22.6 Å². The van der Waals surface area contributed by atoms with Crippen LogP contribution in [-0.2, 0) is 4.74 Å². The predicted molar refractivity (Wildman–Crippen MR) is 74.9 cm³/mol.